The zero-order valence-corrected chi connectivity index (χ0v) is 22.5. The molecule has 1 amide bonds. The van der Waals surface area contributed by atoms with Crippen LogP contribution in [0.15, 0.2) is 36.4 Å². The molecule has 0 bridgehead atoms. The molecule has 192 valence electrons. The monoisotopic (exact) mass is 501 g/mol. The number of thiocarbonyl (C=S) groups is 1. The van der Waals surface area contributed by atoms with Gasteiger partial charge >= 0.3 is 6.09 Å². The number of carbonyl (C=O) groups excluding carboxylic acids is 1. The normalized spacial score (nSPS) is 14.2. The number of nitrogens with one attached hydrogen (secondary N) is 1. The Kier molecular flexibility index (Phi) is 10.3. The van der Waals surface area contributed by atoms with Gasteiger partial charge in [0.25, 0.3) is 0 Å². The zero-order chi connectivity index (χ0) is 26.2. The van der Waals surface area contributed by atoms with Gasteiger partial charge in [-0.1, -0.05) is 38.2 Å². The van der Waals surface area contributed by atoms with E-state index in [2.05, 4.69) is 34.5 Å². The SMILES string of the molecule is CC(C)c1cc(C=S)c(O)cc1O.CNc1ccc(CN2CCN(C(=O)OC(C)(C)C)CC2)cc1. The van der Waals surface area contributed by atoms with Crippen molar-refractivity contribution in [3.05, 3.63) is 53.1 Å². The van der Waals surface area contributed by atoms with Gasteiger partial charge in [0, 0.05) is 62.5 Å². The molecular weight excluding hydrogens is 462 g/mol. The quantitative estimate of drug-likeness (QED) is 0.476. The summed E-state index contributed by atoms with van der Waals surface area (Å²) < 4.78 is 5.42. The van der Waals surface area contributed by atoms with E-state index < -0.39 is 5.60 Å². The molecule has 8 heteroatoms. The summed E-state index contributed by atoms with van der Waals surface area (Å²) in [5.74, 6) is 0.360. The van der Waals surface area contributed by atoms with Crippen LogP contribution in [0.25, 0.3) is 0 Å². The average molecular weight is 502 g/mol. The first kappa shape index (κ1) is 28.4. The Morgan fingerprint density at radius 1 is 1.09 bits per heavy atom. The van der Waals surface area contributed by atoms with E-state index in [4.69, 9.17) is 17.0 Å². The molecule has 0 atom stereocenters. The fourth-order valence-electron chi connectivity index (χ4n) is 3.62. The highest BCUT2D eigenvalue weighted by atomic mass is 32.1. The molecule has 1 aliphatic rings. The molecule has 1 fully saturated rings. The number of phenolic OH excluding ortho intramolecular Hbond substituents is 2. The summed E-state index contributed by atoms with van der Waals surface area (Å²) in [5, 5.41) is 23.3. The van der Waals surface area contributed by atoms with Crippen molar-refractivity contribution >= 4 is 29.4 Å². The number of ether oxygens (including phenoxy) is 1. The van der Waals surface area contributed by atoms with Gasteiger partial charge in [-0.2, -0.15) is 0 Å². The second-order valence-electron chi connectivity index (χ2n) is 9.93. The Morgan fingerprint density at radius 3 is 2.17 bits per heavy atom. The van der Waals surface area contributed by atoms with Gasteiger partial charge in [-0.15, -0.1) is 0 Å². The maximum atomic E-state index is 12.0. The van der Waals surface area contributed by atoms with E-state index in [-0.39, 0.29) is 23.5 Å². The zero-order valence-electron chi connectivity index (χ0n) is 21.7. The number of nitrogens with zero attached hydrogens (tertiary/aromatic N) is 2. The number of amides is 1. The topological polar surface area (TPSA) is 85.3 Å². The Labute approximate surface area is 214 Å². The third-order valence-electron chi connectivity index (χ3n) is 5.60. The summed E-state index contributed by atoms with van der Waals surface area (Å²) in [6.07, 6.45) is -0.203. The van der Waals surface area contributed by atoms with Gasteiger partial charge in [-0.25, -0.2) is 4.79 Å². The molecule has 3 N–H and O–H groups in total. The molecule has 0 saturated carbocycles. The lowest BCUT2D eigenvalue weighted by Gasteiger charge is -2.35. The first-order valence-electron chi connectivity index (χ1n) is 11.9. The van der Waals surface area contributed by atoms with Crippen molar-refractivity contribution in [1.29, 1.82) is 0 Å². The first-order valence-corrected chi connectivity index (χ1v) is 12.4. The smallest absolute Gasteiger partial charge is 0.410 e. The Morgan fingerprint density at radius 2 is 1.69 bits per heavy atom. The van der Waals surface area contributed by atoms with Crippen LogP contribution in [-0.4, -0.2) is 70.3 Å². The molecule has 1 heterocycles. The molecule has 0 spiro atoms. The van der Waals surface area contributed by atoms with Crippen molar-refractivity contribution < 1.29 is 19.7 Å². The van der Waals surface area contributed by atoms with Gasteiger partial charge in [0.2, 0.25) is 0 Å². The van der Waals surface area contributed by atoms with Crippen LogP contribution in [0.2, 0.25) is 0 Å². The Balaban J connectivity index is 0.000000283. The molecule has 1 aliphatic heterocycles. The molecule has 0 aromatic heterocycles. The van der Waals surface area contributed by atoms with E-state index >= 15 is 0 Å². The van der Waals surface area contributed by atoms with Gasteiger partial charge in [0.05, 0.1) is 0 Å². The second kappa shape index (κ2) is 12.7. The summed E-state index contributed by atoms with van der Waals surface area (Å²) in [6, 6.07) is 11.5. The van der Waals surface area contributed by atoms with E-state index in [1.54, 1.807) is 11.0 Å². The predicted molar refractivity (Wildman–Crippen MR) is 146 cm³/mol. The van der Waals surface area contributed by atoms with Crippen LogP contribution < -0.4 is 5.32 Å². The highest BCUT2D eigenvalue weighted by Gasteiger charge is 2.25. The maximum absolute atomic E-state index is 12.0. The van der Waals surface area contributed by atoms with Crippen molar-refractivity contribution in [2.24, 2.45) is 0 Å². The number of anilines is 1. The van der Waals surface area contributed by atoms with Crippen LogP contribution in [0.3, 0.4) is 0 Å². The minimum atomic E-state index is -0.427. The minimum Gasteiger partial charge on any atom is -0.508 e. The lowest BCUT2D eigenvalue weighted by molar-refractivity contribution is 0.0139. The third kappa shape index (κ3) is 9.03. The van der Waals surface area contributed by atoms with Crippen molar-refractivity contribution in [3.8, 4) is 11.5 Å². The molecule has 7 nitrogen and oxygen atoms in total. The van der Waals surface area contributed by atoms with Crippen molar-refractivity contribution in [1.82, 2.24) is 9.80 Å². The average Bonchev–Trinajstić information content (AvgIpc) is 2.79. The van der Waals surface area contributed by atoms with E-state index in [0.717, 1.165) is 44.0 Å². The van der Waals surface area contributed by atoms with Gasteiger partial charge < -0.3 is 25.2 Å². The lowest BCUT2D eigenvalue weighted by atomic mass is 9.99. The van der Waals surface area contributed by atoms with Gasteiger partial charge in [0.1, 0.15) is 17.1 Å². The molecule has 0 unspecified atom stereocenters. The first-order chi connectivity index (χ1) is 16.4. The standard InChI is InChI=1S/C17H27N3O2.C10H12O2S/c1-17(2,3)22-16(21)20-11-9-19(10-12-20)13-14-5-7-15(18-4)8-6-14;1-6(2)8-3-7(5-13)9(11)4-10(8)12/h5-8,18H,9-13H2,1-4H3;3-6,11-12H,1-2H3. The number of phenols is 2. The second-order valence-corrected chi connectivity index (χ2v) is 10.2. The number of rotatable bonds is 5. The van der Waals surface area contributed by atoms with E-state index in [1.807, 2.05) is 41.7 Å². The van der Waals surface area contributed by atoms with Crippen LogP contribution in [0.1, 0.15) is 57.2 Å². The summed E-state index contributed by atoms with van der Waals surface area (Å²) in [5.41, 5.74) is 3.37. The van der Waals surface area contributed by atoms with Gasteiger partial charge in [-0.3, -0.25) is 4.90 Å². The maximum Gasteiger partial charge on any atom is 0.410 e. The van der Waals surface area contributed by atoms with Crippen LogP contribution in [0, 0.1) is 0 Å². The summed E-state index contributed by atoms with van der Waals surface area (Å²) in [7, 11) is 1.92. The predicted octanol–water partition coefficient (Wildman–Crippen LogP) is 5.35. The highest BCUT2D eigenvalue weighted by Crippen LogP contribution is 2.31. The molecule has 3 rings (SSSR count). The van der Waals surface area contributed by atoms with Crippen LogP contribution in [0.5, 0.6) is 11.5 Å². The number of benzene rings is 2. The Hall–Kier alpha value is -2.84. The molecule has 2 aromatic carbocycles. The lowest BCUT2D eigenvalue weighted by Crippen LogP contribution is -2.49. The molecule has 35 heavy (non-hydrogen) atoms. The largest absolute Gasteiger partial charge is 0.508 e. The molecule has 0 aliphatic carbocycles. The van der Waals surface area contributed by atoms with Crippen molar-refractivity contribution in [2.75, 3.05) is 38.5 Å². The highest BCUT2D eigenvalue weighted by molar-refractivity contribution is 7.79. The van der Waals surface area contributed by atoms with Crippen molar-refractivity contribution in [3.63, 3.8) is 0 Å². The number of piperazine rings is 1. The number of hydrogen-bond donors (Lipinski definition) is 3. The summed E-state index contributed by atoms with van der Waals surface area (Å²) in [6.45, 7) is 13.8. The van der Waals surface area contributed by atoms with Gasteiger partial charge in [-0.05, 0) is 56.0 Å². The molecule has 0 radical (unpaired) electrons. The minimum absolute atomic E-state index is 0.0249. The van der Waals surface area contributed by atoms with Crippen LogP contribution >= 0.6 is 12.2 Å². The van der Waals surface area contributed by atoms with Crippen LogP contribution in [0.4, 0.5) is 10.5 Å². The third-order valence-corrected chi connectivity index (χ3v) is 5.85. The molecule has 1 saturated heterocycles. The van der Waals surface area contributed by atoms with Crippen molar-refractivity contribution in [2.45, 2.75) is 52.7 Å². The molecular formula is C27H39N3O4S. The van der Waals surface area contributed by atoms with E-state index in [9.17, 15) is 15.0 Å². The van der Waals surface area contributed by atoms with E-state index in [1.165, 1.54) is 17.0 Å². The number of carbonyl (C=O) groups is 1. The number of hydrogen-bond acceptors (Lipinski definition) is 7. The fraction of sp³-hybridized carbons (Fsp3) is 0.481. The number of aromatic hydroxyl groups is 2. The fourth-order valence-corrected chi connectivity index (χ4v) is 3.81. The summed E-state index contributed by atoms with van der Waals surface area (Å²) >= 11 is 4.73. The van der Waals surface area contributed by atoms with Crippen LogP contribution in [-0.2, 0) is 11.3 Å². The van der Waals surface area contributed by atoms with Gasteiger partial charge in [0.15, 0.2) is 0 Å². The summed E-state index contributed by atoms with van der Waals surface area (Å²) in [4.78, 5) is 16.2. The Bertz CT molecular complexity index is 979. The molecule has 2 aromatic rings. The van der Waals surface area contributed by atoms with E-state index in [0.29, 0.717) is 5.56 Å².